The van der Waals surface area contributed by atoms with Gasteiger partial charge in [0, 0.05) is 50.8 Å². The SMILES string of the molecule is Cn1nccc1-c1cc(Cl)nc2ccnn12.Cn1nccc1-c1cc(Cl)nc2ccnn12. The van der Waals surface area contributed by atoms with Crippen LogP contribution in [0.2, 0.25) is 10.3 Å². The summed E-state index contributed by atoms with van der Waals surface area (Å²) in [5.74, 6) is 0. The van der Waals surface area contributed by atoms with Crippen molar-refractivity contribution in [3.63, 3.8) is 0 Å². The second kappa shape index (κ2) is 8.06. The molecule has 0 radical (unpaired) electrons. The van der Waals surface area contributed by atoms with Crippen molar-refractivity contribution in [2.45, 2.75) is 0 Å². The molecule has 32 heavy (non-hydrogen) atoms. The fraction of sp³-hybridized carbons (Fsp3) is 0.100. The van der Waals surface area contributed by atoms with Crippen molar-refractivity contribution in [2.24, 2.45) is 14.1 Å². The van der Waals surface area contributed by atoms with Crippen molar-refractivity contribution in [1.29, 1.82) is 0 Å². The normalized spacial score (nSPS) is 11.1. The van der Waals surface area contributed by atoms with Crippen LogP contribution in [0.25, 0.3) is 34.1 Å². The average molecular weight is 467 g/mol. The lowest BCUT2D eigenvalue weighted by molar-refractivity contribution is 0.767. The lowest BCUT2D eigenvalue weighted by atomic mass is 10.3. The van der Waals surface area contributed by atoms with Gasteiger partial charge in [0.25, 0.3) is 0 Å². The number of aryl methyl sites for hydroxylation is 2. The molecule has 6 aromatic rings. The van der Waals surface area contributed by atoms with Gasteiger partial charge in [0.15, 0.2) is 11.3 Å². The highest BCUT2D eigenvalue weighted by molar-refractivity contribution is 6.30. The Morgan fingerprint density at radius 1 is 0.562 bits per heavy atom. The molecule has 0 amide bonds. The highest BCUT2D eigenvalue weighted by atomic mass is 35.5. The standard InChI is InChI=1S/2C10H8ClN5/c2*1-15-7(2-4-12-15)8-6-9(11)14-10-3-5-13-16(8)10/h2*2-6H,1H3. The van der Waals surface area contributed by atoms with Crippen molar-refractivity contribution in [1.82, 2.24) is 48.8 Å². The molecule has 0 bridgehead atoms. The van der Waals surface area contributed by atoms with Crippen LogP contribution < -0.4 is 0 Å². The minimum Gasteiger partial charge on any atom is -0.266 e. The summed E-state index contributed by atoms with van der Waals surface area (Å²) in [6.07, 6.45) is 6.86. The summed E-state index contributed by atoms with van der Waals surface area (Å²) in [7, 11) is 3.75. The Kier molecular flexibility index (Phi) is 5.08. The van der Waals surface area contributed by atoms with E-state index in [9.17, 15) is 0 Å². The topological polar surface area (TPSA) is 96.0 Å². The second-order valence-corrected chi connectivity index (χ2v) is 7.59. The van der Waals surface area contributed by atoms with Crippen molar-refractivity contribution in [3.05, 3.63) is 71.5 Å². The van der Waals surface area contributed by atoms with Crippen LogP contribution in [0.3, 0.4) is 0 Å². The third-order valence-electron chi connectivity index (χ3n) is 4.82. The first-order valence-corrected chi connectivity index (χ1v) is 10.2. The molecule has 0 saturated carbocycles. The summed E-state index contributed by atoms with van der Waals surface area (Å²) < 4.78 is 7.02. The van der Waals surface area contributed by atoms with Crippen molar-refractivity contribution >= 4 is 34.5 Å². The monoisotopic (exact) mass is 466 g/mol. The van der Waals surface area contributed by atoms with Crippen LogP contribution in [0.1, 0.15) is 0 Å². The van der Waals surface area contributed by atoms with Crippen molar-refractivity contribution in [2.75, 3.05) is 0 Å². The van der Waals surface area contributed by atoms with Crippen LogP contribution in [-0.2, 0) is 14.1 Å². The quantitative estimate of drug-likeness (QED) is 0.362. The third kappa shape index (κ3) is 3.59. The van der Waals surface area contributed by atoms with Gasteiger partial charge in [-0.2, -0.15) is 20.4 Å². The van der Waals surface area contributed by atoms with E-state index in [0.717, 1.165) is 34.1 Å². The number of hydrogen-bond donors (Lipinski definition) is 0. The first kappa shape index (κ1) is 20.2. The molecule has 0 fully saturated rings. The number of hydrogen-bond acceptors (Lipinski definition) is 6. The molecule has 0 aromatic carbocycles. The van der Waals surface area contributed by atoms with E-state index in [1.165, 1.54) is 0 Å². The molecule has 10 nitrogen and oxygen atoms in total. The van der Waals surface area contributed by atoms with E-state index in [2.05, 4.69) is 30.4 Å². The largest absolute Gasteiger partial charge is 0.266 e. The summed E-state index contributed by atoms with van der Waals surface area (Å²) in [6, 6.07) is 11.0. The van der Waals surface area contributed by atoms with E-state index in [1.807, 2.05) is 38.4 Å². The molecule has 12 heteroatoms. The maximum absolute atomic E-state index is 5.97. The zero-order valence-electron chi connectivity index (χ0n) is 17.0. The van der Waals surface area contributed by atoms with Gasteiger partial charge in [-0.25, -0.2) is 19.0 Å². The molecule has 0 unspecified atom stereocenters. The van der Waals surface area contributed by atoms with Crippen LogP contribution in [0.5, 0.6) is 0 Å². The fourth-order valence-electron chi connectivity index (χ4n) is 3.38. The van der Waals surface area contributed by atoms with E-state index >= 15 is 0 Å². The Morgan fingerprint density at radius 3 is 1.34 bits per heavy atom. The van der Waals surface area contributed by atoms with Gasteiger partial charge >= 0.3 is 0 Å². The zero-order chi connectivity index (χ0) is 22.2. The van der Waals surface area contributed by atoms with Gasteiger partial charge in [0.05, 0.1) is 35.2 Å². The summed E-state index contributed by atoms with van der Waals surface area (Å²) in [4.78, 5) is 8.34. The molecule has 0 saturated heterocycles. The van der Waals surface area contributed by atoms with Gasteiger partial charge in [-0.05, 0) is 12.1 Å². The van der Waals surface area contributed by atoms with Crippen molar-refractivity contribution < 1.29 is 0 Å². The molecule has 0 atom stereocenters. The Hall–Kier alpha value is -3.76. The fourth-order valence-corrected chi connectivity index (χ4v) is 3.76. The van der Waals surface area contributed by atoms with Crippen LogP contribution >= 0.6 is 23.2 Å². The maximum atomic E-state index is 5.97. The molecule has 6 rings (SSSR count). The van der Waals surface area contributed by atoms with E-state index in [0.29, 0.717) is 10.3 Å². The molecular weight excluding hydrogens is 451 g/mol. The van der Waals surface area contributed by atoms with Crippen LogP contribution in [0, 0.1) is 0 Å². The molecule has 0 aliphatic rings. The van der Waals surface area contributed by atoms with Gasteiger partial charge in [0.2, 0.25) is 0 Å². The van der Waals surface area contributed by atoms with Crippen LogP contribution in [0.15, 0.2) is 61.2 Å². The molecule has 0 N–H and O–H groups in total. The first-order valence-electron chi connectivity index (χ1n) is 9.48. The van der Waals surface area contributed by atoms with Crippen LogP contribution in [0.4, 0.5) is 0 Å². The van der Waals surface area contributed by atoms with Gasteiger partial charge in [-0.15, -0.1) is 0 Å². The summed E-state index contributed by atoms with van der Waals surface area (Å²) in [6.45, 7) is 0. The average Bonchev–Trinajstić information content (AvgIpc) is 3.54. The van der Waals surface area contributed by atoms with E-state index in [1.54, 1.807) is 55.3 Å². The van der Waals surface area contributed by atoms with Gasteiger partial charge in [-0.3, -0.25) is 9.36 Å². The lowest BCUT2D eigenvalue weighted by Gasteiger charge is -2.05. The Bertz CT molecular complexity index is 1420. The number of rotatable bonds is 2. The highest BCUT2D eigenvalue weighted by Gasteiger charge is 2.11. The number of fused-ring (bicyclic) bond motifs is 2. The predicted octanol–water partition coefficient (Wildman–Crippen LogP) is 3.57. The zero-order valence-corrected chi connectivity index (χ0v) is 18.5. The van der Waals surface area contributed by atoms with Crippen LogP contribution in [-0.4, -0.2) is 48.8 Å². The molecule has 160 valence electrons. The molecule has 6 aromatic heterocycles. The highest BCUT2D eigenvalue weighted by Crippen LogP contribution is 2.23. The van der Waals surface area contributed by atoms with Gasteiger partial charge in [-0.1, -0.05) is 23.2 Å². The number of halogens is 2. The van der Waals surface area contributed by atoms with E-state index in [-0.39, 0.29) is 0 Å². The lowest BCUT2D eigenvalue weighted by Crippen LogP contribution is -2.01. The molecular formula is C20H16Cl2N10. The Labute approximate surface area is 191 Å². The third-order valence-corrected chi connectivity index (χ3v) is 5.21. The summed E-state index contributed by atoms with van der Waals surface area (Å²) in [5, 5.41) is 17.6. The molecule has 0 spiro atoms. The molecule has 6 heterocycles. The van der Waals surface area contributed by atoms with Crippen molar-refractivity contribution in [3.8, 4) is 22.8 Å². The minimum atomic E-state index is 0.448. The maximum Gasteiger partial charge on any atom is 0.157 e. The Morgan fingerprint density at radius 2 is 0.969 bits per heavy atom. The van der Waals surface area contributed by atoms with E-state index < -0.39 is 0 Å². The Balaban J connectivity index is 0.000000135. The molecule has 0 aliphatic carbocycles. The van der Waals surface area contributed by atoms with Gasteiger partial charge < -0.3 is 0 Å². The van der Waals surface area contributed by atoms with E-state index in [4.69, 9.17) is 23.2 Å². The summed E-state index contributed by atoms with van der Waals surface area (Å²) >= 11 is 11.9. The number of nitrogens with zero attached hydrogens (tertiary/aromatic N) is 10. The number of aromatic nitrogens is 10. The predicted molar refractivity (Wildman–Crippen MR) is 120 cm³/mol. The van der Waals surface area contributed by atoms with Gasteiger partial charge in [0.1, 0.15) is 10.3 Å². The smallest absolute Gasteiger partial charge is 0.157 e. The molecule has 0 aliphatic heterocycles. The second-order valence-electron chi connectivity index (χ2n) is 6.81. The minimum absolute atomic E-state index is 0.448. The first-order chi connectivity index (χ1) is 15.5. The summed E-state index contributed by atoms with van der Waals surface area (Å²) in [5.41, 5.74) is 5.09.